The Morgan fingerprint density at radius 3 is 0.784 bits per heavy atom. The first-order valence-electron chi connectivity index (χ1n) is 40.5. The fraction of sp³-hybridized carbons (Fsp3) is 0.949. The van der Waals surface area contributed by atoms with E-state index in [0.717, 1.165) is 108 Å². The number of carbonyl (C=O) groups is 4. The van der Waals surface area contributed by atoms with Crippen LogP contribution in [0.25, 0.3) is 0 Å². The van der Waals surface area contributed by atoms with Crippen molar-refractivity contribution < 1.29 is 80.2 Å². The number of phosphoric acid groups is 2. The van der Waals surface area contributed by atoms with Gasteiger partial charge in [-0.05, 0) is 37.5 Å². The summed E-state index contributed by atoms with van der Waals surface area (Å²) < 4.78 is 68.5. The third-order valence-corrected chi connectivity index (χ3v) is 20.5. The second-order valence-electron chi connectivity index (χ2n) is 28.8. The van der Waals surface area contributed by atoms with Crippen molar-refractivity contribution >= 4 is 39.5 Å². The number of aliphatic hydroxyl groups excluding tert-OH is 1. The fourth-order valence-corrected chi connectivity index (χ4v) is 13.6. The van der Waals surface area contributed by atoms with Crippen LogP contribution in [0.2, 0.25) is 0 Å². The minimum Gasteiger partial charge on any atom is -0.462 e. The standard InChI is InChI=1S/C78H152O17P2/c1-7-10-12-14-16-18-19-20-21-22-23-24-25-26-31-34-37-44-50-56-62-77(82)94-74(67-89-76(81)61-55-49-43-36-33-30-28-27-29-32-35-41-47-53-59-71(6)9-3)69-93-97(86,87)91-65-72(79)64-90-96(84,85)92-68-73(66-88-75(80)60-54-48-42-17-15-13-11-8-2)95-78(83)63-57-51-45-39-38-40-46-52-58-70(4)5/h70-74,79H,7-69H2,1-6H3,(H,84,85)(H,86,87)/t71?,72-,73+,74+/m0/s1. The van der Waals surface area contributed by atoms with E-state index in [4.69, 9.17) is 37.0 Å². The normalized spacial score (nSPS) is 14.2. The molecule has 0 spiro atoms. The molecular formula is C78H152O17P2. The van der Waals surface area contributed by atoms with Crippen LogP contribution in [0.15, 0.2) is 0 Å². The van der Waals surface area contributed by atoms with Gasteiger partial charge in [0.25, 0.3) is 0 Å². The number of unbranched alkanes of at least 4 members (excludes halogenated alkanes) is 46. The van der Waals surface area contributed by atoms with Gasteiger partial charge in [0, 0.05) is 25.7 Å². The molecule has 97 heavy (non-hydrogen) atoms. The monoisotopic (exact) mass is 1420 g/mol. The van der Waals surface area contributed by atoms with Gasteiger partial charge in [0.05, 0.1) is 26.4 Å². The Hall–Kier alpha value is -1.94. The Labute approximate surface area is 594 Å². The van der Waals surface area contributed by atoms with Crippen LogP contribution in [0.1, 0.15) is 408 Å². The Kier molecular flexibility index (Phi) is 68.4. The molecule has 6 atom stereocenters. The highest BCUT2D eigenvalue weighted by atomic mass is 31.2. The van der Waals surface area contributed by atoms with E-state index in [2.05, 4.69) is 41.5 Å². The number of esters is 4. The van der Waals surface area contributed by atoms with Crippen LogP contribution < -0.4 is 0 Å². The van der Waals surface area contributed by atoms with E-state index in [1.807, 2.05) is 0 Å². The highest BCUT2D eigenvalue weighted by molar-refractivity contribution is 7.47. The molecule has 0 aliphatic heterocycles. The molecule has 0 amide bonds. The molecule has 0 aromatic rings. The average molecular weight is 1420 g/mol. The molecule has 0 fully saturated rings. The van der Waals surface area contributed by atoms with Gasteiger partial charge in [-0.3, -0.25) is 37.3 Å². The molecule has 0 aromatic carbocycles. The molecule has 0 aromatic heterocycles. The smallest absolute Gasteiger partial charge is 0.462 e. The van der Waals surface area contributed by atoms with E-state index in [-0.39, 0.29) is 25.7 Å². The number of hydrogen-bond acceptors (Lipinski definition) is 15. The molecule has 0 aliphatic carbocycles. The van der Waals surface area contributed by atoms with Crippen molar-refractivity contribution in [1.82, 2.24) is 0 Å². The third kappa shape index (κ3) is 70.9. The van der Waals surface area contributed by atoms with Crippen LogP contribution in [0.5, 0.6) is 0 Å². The Balaban J connectivity index is 5.19. The lowest BCUT2D eigenvalue weighted by molar-refractivity contribution is -0.161. The molecule has 3 unspecified atom stereocenters. The second kappa shape index (κ2) is 69.8. The van der Waals surface area contributed by atoms with Gasteiger partial charge < -0.3 is 33.8 Å². The first-order chi connectivity index (χ1) is 46.9. The van der Waals surface area contributed by atoms with Gasteiger partial charge in [-0.15, -0.1) is 0 Å². The third-order valence-electron chi connectivity index (χ3n) is 18.6. The molecule has 0 bridgehead atoms. The zero-order valence-electron chi connectivity index (χ0n) is 63.4. The molecule has 0 saturated heterocycles. The van der Waals surface area contributed by atoms with Crippen molar-refractivity contribution in [2.24, 2.45) is 11.8 Å². The first kappa shape index (κ1) is 95.1. The fourth-order valence-electron chi connectivity index (χ4n) is 12.0. The minimum absolute atomic E-state index is 0.105. The number of carbonyl (C=O) groups excluding carboxylic acids is 4. The van der Waals surface area contributed by atoms with Gasteiger partial charge in [0.1, 0.15) is 19.3 Å². The maximum atomic E-state index is 13.1. The van der Waals surface area contributed by atoms with Crippen LogP contribution in [0, 0.1) is 11.8 Å². The summed E-state index contributed by atoms with van der Waals surface area (Å²) in [7, 11) is -9.91. The zero-order valence-corrected chi connectivity index (χ0v) is 65.2. The first-order valence-corrected chi connectivity index (χ1v) is 43.5. The van der Waals surface area contributed by atoms with E-state index in [1.165, 1.54) is 218 Å². The van der Waals surface area contributed by atoms with Gasteiger partial charge in [-0.2, -0.15) is 0 Å². The predicted octanol–water partition coefficient (Wildman–Crippen LogP) is 23.1. The molecule has 17 nitrogen and oxygen atoms in total. The van der Waals surface area contributed by atoms with Crippen molar-refractivity contribution in [3.8, 4) is 0 Å². The molecule has 0 aliphatic rings. The summed E-state index contributed by atoms with van der Waals surface area (Å²) in [5.74, 6) is -0.549. The Morgan fingerprint density at radius 2 is 0.526 bits per heavy atom. The number of hydrogen-bond donors (Lipinski definition) is 3. The van der Waals surface area contributed by atoms with Crippen LogP contribution in [-0.4, -0.2) is 96.7 Å². The second-order valence-corrected chi connectivity index (χ2v) is 31.7. The quantitative estimate of drug-likeness (QED) is 0.0222. The van der Waals surface area contributed by atoms with Crippen molar-refractivity contribution in [1.29, 1.82) is 0 Å². The summed E-state index contributed by atoms with van der Waals surface area (Å²) in [6, 6.07) is 0. The highest BCUT2D eigenvalue weighted by Crippen LogP contribution is 2.45. The zero-order chi connectivity index (χ0) is 71.4. The lowest BCUT2D eigenvalue weighted by atomic mass is 9.99. The SMILES string of the molecule is CCCCCCCCCCCCCCCCCCCCCCC(=O)O[C@H](COC(=O)CCCCCCCCCCCCCCCCC(C)CC)COP(=O)(O)OC[C@@H](O)COP(=O)(O)OC[C@@H](COC(=O)CCCCCCCCCC)OC(=O)CCCCCCCCCCC(C)C. The number of ether oxygens (including phenoxy) is 4. The number of aliphatic hydroxyl groups is 1. The van der Waals surface area contributed by atoms with Crippen LogP contribution in [0.3, 0.4) is 0 Å². The molecule has 3 N–H and O–H groups in total. The summed E-state index contributed by atoms with van der Waals surface area (Å²) in [5.41, 5.74) is 0. The molecule has 0 radical (unpaired) electrons. The van der Waals surface area contributed by atoms with E-state index >= 15 is 0 Å². The number of phosphoric ester groups is 2. The maximum Gasteiger partial charge on any atom is 0.472 e. The lowest BCUT2D eigenvalue weighted by Gasteiger charge is -2.21. The van der Waals surface area contributed by atoms with Crippen molar-refractivity contribution in [2.45, 2.75) is 426 Å². The largest absolute Gasteiger partial charge is 0.472 e. The summed E-state index contributed by atoms with van der Waals surface area (Å²) in [4.78, 5) is 72.8. The maximum absolute atomic E-state index is 13.1. The molecule has 576 valence electrons. The van der Waals surface area contributed by atoms with Crippen molar-refractivity contribution in [3.05, 3.63) is 0 Å². The molecule has 19 heteroatoms. The van der Waals surface area contributed by atoms with E-state index < -0.39 is 97.5 Å². The molecule has 0 heterocycles. The topological polar surface area (TPSA) is 237 Å². The molecular weight excluding hydrogens is 1270 g/mol. The van der Waals surface area contributed by atoms with E-state index in [1.54, 1.807) is 0 Å². The summed E-state index contributed by atoms with van der Waals surface area (Å²) in [6.07, 6.45) is 58.4. The van der Waals surface area contributed by atoms with Crippen LogP contribution in [-0.2, 0) is 65.4 Å². The van der Waals surface area contributed by atoms with Gasteiger partial charge in [-0.25, -0.2) is 9.13 Å². The van der Waals surface area contributed by atoms with Gasteiger partial charge in [0.15, 0.2) is 12.2 Å². The number of rotatable bonds is 77. The van der Waals surface area contributed by atoms with Gasteiger partial charge in [-0.1, -0.05) is 356 Å². The molecule has 0 rings (SSSR count). The Bertz CT molecular complexity index is 1870. The summed E-state index contributed by atoms with van der Waals surface area (Å²) in [5, 5.41) is 10.6. The van der Waals surface area contributed by atoms with E-state index in [0.29, 0.717) is 25.7 Å². The van der Waals surface area contributed by atoms with Gasteiger partial charge in [0.2, 0.25) is 0 Å². The highest BCUT2D eigenvalue weighted by Gasteiger charge is 2.30. The minimum atomic E-state index is -4.96. The van der Waals surface area contributed by atoms with Crippen LogP contribution in [0.4, 0.5) is 0 Å². The predicted molar refractivity (Wildman–Crippen MR) is 395 cm³/mol. The lowest BCUT2D eigenvalue weighted by Crippen LogP contribution is -2.30. The van der Waals surface area contributed by atoms with E-state index in [9.17, 15) is 43.2 Å². The van der Waals surface area contributed by atoms with Gasteiger partial charge >= 0.3 is 39.5 Å². The summed E-state index contributed by atoms with van der Waals surface area (Å²) in [6.45, 7) is 9.59. The Morgan fingerprint density at radius 1 is 0.299 bits per heavy atom. The molecule has 0 saturated carbocycles. The van der Waals surface area contributed by atoms with Crippen molar-refractivity contribution in [3.63, 3.8) is 0 Å². The van der Waals surface area contributed by atoms with Crippen molar-refractivity contribution in [2.75, 3.05) is 39.6 Å². The summed E-state index contributed by atoms with van der Waals surface area (Å²) >= 11 is 0. The van der Waals surface area contributed by atoms with Crippen LogP contribution >= 0.6 is 15.6 Å². The average Bonchev–Trinajstić information content (AvgIpc) is 1.19.